The zero-order valence-corrected chi connectivity index (χ0v) is 10.6. The third-order valence-electron chi connectivity index (χ3n) is 2.66. The molecule has 1 heterocycles. The highest BCUT2D eigenvalue weighted by Gasteiger charge is 2.09. The first kappa shape index (κ1) is 13.2. The summed E-state index contributed by atoms with van der Waals surface area (Å²) in [5, 5.41) is 0. The van der Waals surface area contributed by atoms with Gasteiger partial charge in [0.15, 0.2) is 5.78 Å². The lowest BCUT2D eigenvalue weighted by Crippen LogP contribution is -2.06. The minimum Gasteiger partial charge on any atom is -0.492 e. The van der Waals surface area contributed by atoms with Crippen LogP contribution < -0.4 is 4.74 Å². The molecular weight excluding hydrogens is 245 g/mol. The van der Waals surface area contributed by atoms with Crippen LogP contribution in [0.1, 0.15) is 23.0 Å². The van der Waals surface area contributed by atoms with Crippen molar-refractivity contribution < 1.29 is 13.9 Å². The molecule has 98 valence electrons. The lowest BCUT2D eigenvalue weighted by molar-refractivity contribution is 0.101. The van der Waals surface area contributed by atoms with Crippen LogP contribution in [0, 0.1) is 5.82 Å². The minimum atomic E-state index is -0.442. The first-order valence-electron chi connectivity index (χ1n) is 6.00. The number of carbonyl (C=O) groups excluding carboxylic acids is 1. The van der Waals surface area contributed by atoms with Gasteiger partial charge in [0.25, 0.3) is 0 Å². The first-order valence-corrected chi connectivity index (χ1v) is 6.00. The molecule has 0 unspecified atom stereocenters. The summed E-state index contributed by atoms with van der Waals surface area (Å²) in [5.74, 6) is -0.251. The van der Waals surface area contributed by atoms with Gasteiger partial charge in [0.1, 0.15) is 11.6 Å². The molecule has 0 amide bonds. The van der Waals surface area contributed by atoms with Gasteiger partial charge >= 0.3 is 0 Å². The number of benzene rings is 1. The molecule has 4 heteroatoms. The second kappa shape index (κ2) is 6.09. The Morgan fingerprint density at radius 3 is 2.84 bits per heavy atom. The smallest absolute Gasteiger partial charge is 0.163 e. The van der Waals surface area contributed by atoms with Crippen molar-refractivity contribution in [1.29, 1.82) is 0 Å². The SMILES string of the molecule is CC(=O)c1cc(F)ccc1OCCc1ccccn1. The number of ether oxygens (including phenoxy) is 1. The van der Waals surface area contributed by atoms with Crippen LogP contribution in [0.25, 0.3) is 0 Å². The van der Waals surface area contributed by atoms with Crippen LogP contribution in [0.4, 0.5) is 4.39 Å². The Kier molecular flexibility index (Phi) is 4.23. The van der Waals surface area contributed by atoms with E-state index in [0.29, 0.717) is 18.8 Å². The summed E-state index contributed by atoms with van der Waals surface area (Å²) >= 11 is 0. The average Bonchev–Trinajstić information content (AvgIpc) is 2.41. The Morgan fingerprint density at radius 1 is 1.32 bits per heavy atom. The van der Waals surface area contributed by atoms with Crippen molar-refractivity contribution in [3.05, 3.63) is 59.7 Å². The number of aromatic nitrogens is 1. The third-order valence-corrected chi connectivity index (χ3v) is 2.66. The number of hydrogen-bond donors (Lipinski definition) is 0. The molecule has 0 saturated heterocycles. The van der Waals surface area contributed by atoms with Crippen molar-refractivity contribution in [3.8, 4) is 5.75 Å². The molecule has 0 aliphatic carbocycles. The molecule has 3 nitrogen and oxygen atoms in total. The predicted octanol–water partition coefficient (Wildman–Crippen LogP) is 3.04. The van der Waals surface area contributed by atoms with E-state index in [1.165, 1.54) is 25.1 Å². The molecule has 0 radical (unpaired) electrons. The lowest BCUT2D eigenvalue weighted by atomic mass is 10.1. The number of hydrogen-bond acceptors (Lipinski definition) is 3. The molecule has 1 aromatic carbocycles. The van der Waals surface area contributed by atoms with E-state index >= 15 is 0 Å². The van der Waals surface area contributed by atoms with E-state index in [0.717, 1.165) is 5.69 Å². The molecule has 0 aliphatic heterocycles. The van der Waals surface area contributed by atoms with Crippen LogP contribution in [0.2, 0.25) is 0 Å². The number of nitrogens with zero attached hydrogens (tertiary/aromatic N) is 1. The highest BCUT2D eigenvalue weighted by molar-refractivity contribution is 5.96. The number of ketones is 1. The number of rotatable bonds is 5. The van der Waals surface area contributed by atoms with Gasteiger partial charge in [-0.25, -0.2) is 4.39 Å². The van der Waals surface area contributed by atoms with E-state index in [4.69, 9.17) is 4.74 Å². The molecule has 0 spiro atoms. The Labute approximate surface area is 111 Å². The van der Waals surface area contributed by atoms with Gasteiger partial charge in [-0.05, 0) is 37.3 Å². The van der Waals surface area contributed by atoms with Crippen molar-refractivity contribution in [2.75, 3.05) is 6.61 Å². The van der Waals surface area contributed by atoms with E-state index < -0.39 is 5.82 Å². The van der Waals surface area contributed by atoms with Gasteiger partial charge in [-0.2, -0.15) is 0 Å². The molecule has 0 fully saturated rings. The quantitative estimate of drug-likeness (QED) is 0.775. The Hall–Kier alpha value is -2.23. The van der Waals surface area contributed by atoms with E-state index in [1.807, 2.05) is 18.2 Å². The monoisotopic (exact) mass is 259 g/mol. The first-order chi connectivity index (χ1) is 9.16. The van der Waals surface area contributed by atoms with Crippen LogP contribution >= 0.6 is 0 Å². The van der Waals surface area contributed by atoms with Gasteiger partial charge in [-0.1, -0.05) is 6.07 Å². The van der Waals surface area contributed by atoms with Gasteiger partial charge in [0, 0.05) is 18.3 Å². The number of Topliss-reactive ketones (excluding diaryl/α,β-unsaturated/α-hetero) is 1. The van der Waals surface area contributed by atoms with E-state index in [-0.39, 0.29) is 11.3 Å². The van der Waals surface area contributed by atoms with Crippen molar-refractivity contribution >= 4 is 5.78 Å². The standard InChI is InChI=1S/C15H14FNO2/c1-11(18)14-10-12(16)5-6-15(14)19-9-7-13-4-2-3-8-17-13/h2-6,8,10H,7,9H2,1H3. The summed E-state index contributed by atoms with van der Waals surface area (Å²) in [5.41, 5.74) is 1.18. The predicted molar refractivity (Wildman–Crippen MR) is 69.8 cm³/mol. The molecule has 1 aromatic heterocycles. The summed E-state index contributed by atoms with van der Waals surface area (Å²) < 4.78 is 18.6. The highest BCUT2D eigenvalue weighted by atomic mass is 19.1. The molecule has 2 aromatic rings. The van der Waals surface area contributed by atoms with Crippen LogP contribution in [-0.2, 0) is 6.42 Å². The number of halogens is 1. The van der Waals surface area contributed by atoms with Crippen molar-refractivity contribution in [2.24, 2.45) is 0 Å². The lowest BCUT2D eigenvalue weighted by Gasteiger charge is -2.09. The molecule has 0 bridgehead atoms. The van der Waals surface area contributed by atoms with Crippen molar-refractivity contribution in [2.45, 2.75) is 13.3 Å². The van der Waals surface area contributed by atoms with E-state index in [2.05, 4.69) is 4.98 Å². The van der Waals surface area contributed by atoms with Crippen molar-refractivity contribution in [1.82, 2.24) is 4.98 Å². The van der Waals surface area contributed by atoms with Crippen molar-refractivity contribution in [3.63, 3.8) is 0 Å². The van der Waals surface area contributed by atoms with Crippen LogP contribution in [0.15, 0.2) is 42.6 Å². The van der Waals surface area contributed by atoms with Gasteiger partial charge in [0.05, 0.1) is 12.2 Å². The molecular formula is C15H14FNO2. The maximum Gasteiger partial charge on any atom is 0.163 e. The Morgan fingerprint density at radius 2 is 2.16 bits per heavy atom. The summed E-state index contributed by atoms with van der Waals surface area (Å²) in [7, 11) is 0. The zero-order valence-electron chi connectivity index (χ0n) is 10.6. The summed E-state index contributed by atoms with van der Waals surface area (Å²) in [6.45, 7) is 1.78. The zero-order chi connectivity index (χ0) is 13.7. The average molecular weight is 259 g/mol. The van der Waals surface area contributed by atoms with Gasteiger partial charge < -0.3 is 4.74 Å². The molecule has 0 atom stereocenters. The molecule has 0 saturated carbocycles. The molecule has 19 heavy (non-hydrogen) atoms. The summed E-state index contributed by atoms with van der Waals surface area (Å²) in [6, 6.07) is 9.60. The fraction of sp³-hybridized carbons (Fsp3) is 0.200. The second-order valence-electron chi connectivity index (χ2n) is 4.12. The Balaban J connectivity index is 2.02. The topological polar surface area (TPSA) is 39.2 Å². The van der Waals surface area contributed by atoms with Crippen LogP contribution in [0.3, 0.4) is 0 Å². The summed E-state index contributed by atoms with van der Waals surface area (Å²) in [6.07, 6.45) is 2.35. The van der Waals surface area contributed by atoms with Crippen LogP contribution in [0.5, 0.6) is 5.75 Å². The second-order valence-corrected chi connectivity index (χ2v) is 4.12. The van der Waals surface area contributed by atoms with E-state index in [1.54, 1.807) is 6.20 Å². The maximum atomic E-state index is 13.1. The molecule has 0 N–H and O–H groups in total. The highest BCUT2D eigenvalue weighted by Crippen LogP contribution is 2.20. The number of pyridine rings is 1. The maximum absolute atomic E-state index is 13.1. The largest absolute Gasteiger partial charge is 0.492 e. The third kappa shape index (κ3) is 3.61. The molecule has 0 aliphatic rings. The fourth-order valence-corrected chi connectivity index (χ4v) is 1.71. The fourth-order valence-electron chi connectivity index (χ4n) is 1.71. The Bertz CT molecular complexity index is 570. The van der Waals surface area contributed by atoms with Gasteiger partial charge in [-0.15, -0.1) is 0 Å². The van der Waals surface area contributed by atoms with E-state index in [9.17, 15) is 9.18 Å². The number of carbonyl (C=O) groups is 1. The normalized spacial score (nSPS) is 10.2. The van der Waals surface area contributed by atoms with Gasteiger partial charge in [-0.3, -0.25) is 9.78 Å². The van der Waals surface area contributed by atoms with Gasteiger partial charge in [0.2, 0.25) is 0 Å². The molecule has 2 rings (SSSR count). The summed E-state index contributed by atoms with van der Waals surface area (Å²) in [4.78, 5) is 15.6. The van der Waals surface area contributed by atoms with Crippen LogP contribution in [-0.4, -0.2) is 17.4 Å². The minimum absolute atomic E-state index is 0.215.